The Balaban J connectivity index is 2.30. The molecule has 2 rings (SSSR count). The van der Waals surface area contributed by atoms with Crippen molar-refractivity contribution in [1.29, 1.82) is 0 Å². The van der Waals surface area contributed by atoms with Gasteiger partial charge >= 0.3 is 11.9 Å². The minimum absolute atomic E-state index is 0.361. The first-order chi connectivity index (χ1) is 9.04. The first kappa shape index (κ1) is 13.3. The third-order valence-corrected chi connectivity index (χ3v) is 3.36. The van der Waals surface area contributed by atoms with Gasteiger partial charge in [-0.05, 0) is 18.1 Å². The summed E-state index contributed by atoms with van der Waals surface area (Å²) < 4.78 is 9.41. The van der Waals surface area contributed by atoms with Gasteiger partial charge in [-0.25, -0.2) is 0 Å². The summed E-state index contributed by atoms with van der Waals surface area (Å²) >= 11 is 0. The lowest BCUT2D eigenvalue weighted by Gasteiger charge is -2.09. The van der Waals surface area contributed by atoms with E-state index < -0.39 is 17.4 Å². The molecule has 0 bridgehead atoms. The lowest BCUT2D eigenvalue weighted by molar-refractivity contribution is -0.160. The molecule has 0 heterocycles. The van der Waals surface area contributed by atoms with Gasteiger partial charge in [-0.2, -0.15) is 0 Å². The first-order valence-electron chi connectivity index (χ1n) is 5.99. The normalized spacial score (nSPS) is 17.9. The van der Waals surface area contributed by atoms with Gasteiger partial charge in [-0.1, -0.05) is 35.9 Å². The highest BCUT2D eigenvalue weighted by Crippen LogP contribution is 2.54. The molecule has 0 unspecified atom stereocenters. The predicted molar refractivity (Wildman–Crippen MR) is 70.2 cm³/mol. The second-order valence-electron chi connectivity index (χ2n) is 4.65. The second kappa shape index (κ2) is 4.88. The molecule has 1 fully saturated rings. The molecule has 4 nitrogen and oxygen atoms in total. The number of benzene rings is 1. The van der Waals surface area contributed by atoms with Crippen molar-refractivity contribution in [3.05, 3.63) is 41.0 Å². The fourth-order valence-electron chi connectivity index (χ4n) is 2.12. The number of carbonyl (C=O) groups excluding carboxylic acids is 2. The van der Waals surface area contributed by atoms with Crippen LogP contribution in [0.1, 0.15) is 17.5 Å². The Kier molecular flexibility index (Phi) is 3.42. The third-order valence-electron chi connectivity index (χ3n) is 3.36. The molecule has 0 N–H and O–H groups in total. The summed E-state index contributed by atoms with van der Waals surface area (Å²) in [5, 5.41) is 0. The summed E-state index contributed by atoms with van der Waals surface area (Å²) in [5.41, 5.74) is 1.62. The van der Waals surface area contributed by atoms with Crippen LogP contribution >= 0.6 is 0 Å². The van der Waals surface area contributed by atoms with E-state index >= 15 is 0 Å². The summed E-state index contributed by atoms with van der Waals surface area (Å²) in [6.45, 7) is 2.00. The number of esters is 2. The second-order valence-corrected chi connectivity index (χ2v) is 4.65. The summed E-state index contributed by atoms with van der Waals surface area (Å²) in [7, 11) is 2.55. The van der Waals surface area contributed by atoms with E-state index in [-0.39, 0.29) is 0 Å². The van der Waals surface area contributed by atoms with E-state index in [9.17, 15) is 9.59 Å². The summed E-state index contributed by atoms with van der Waals surface area (Å²) in [4.78, 5) is 23.6. The number of aryl methyl sites for hydroxylation is 1. The van der Waals surface area contributed by atoms with Crippen LogP contribution < -0.4 is 0 Å². The third kappa shape index (κ3) is 2.26. The van der Waals surface area contributed by atoms with Crippen LogP contribution in [0.3, 0.4) is 0 Å². The first-order valence-corrected chi connectivity index (χ1v) is 5.99. The van der Waals surface area contributed by atoms with Crippen LogP contribution in [0.2, 0.25) is 0 Å². The molecule has 0 aromatic heterocycles. The molecule has 1 saturated carbocycles. The summed E-state index contributed by atoms with van der Waals surface area (Å²) in [5.74, 6) is -1.12. The number of hydrogen-bond acceptors (Lipinski definition) is 4. The topological polar surface area (TPSA) is 52.6 Å². The molecule has 0 spiro atoms. The molecule has 1 aromatic carbocycles. The molecule has 1 aliphatic rings. The van der Waals surface area contributed by atoms with Crippen molar-refractivity contribution in [2.75, 3.05) is 14.2 Å². The average Bonchev–Trinajstić information content (AvgIpc) is 3.15. The quantitative estimate of drug-likeness (QED) is 0.617. The van der Waals surface area contributed by atoms with Crippen LogP contribution in [0.4, 0.5) is 0 Å². The monoisotopic (exact) mass is 260 g/mol. The zero-order valence-corrected chi connectivity index (χ0v) is 11.2. The van der Waals surface area contributed by atoms with Gasteiger partial charge in [0.2, 0.25) is 0 Å². The maximum Gasteiger partial charge on any atom is 0.327 e. The van der Waals surface area contributed by atoms with Crippen molar-refractivity contribution in [3.63, 3.8) is 0 Å². The standard InChI is InChI=1S/C15H16O4/c1-10-4-6-11(7-5-10)8-12-9-15(12,13(16)18-2)14(17)19-3/h4-8H,9H2,1-3H3/b12-8-. The Bertz CT molecular complexity index is 524. The van der Waals surface area contributed by atoms with Crippen molar-refractivity contribution in [2.45, 2.75) is 13.3 Å². The van der Waals surface area contributed by atoms with Gasteiger partial charge in [-0.15, -0.1) is 0 Å². The smallest absolute Gasteiger partial charge is 0.327 e. The van der Waals surface area contributed by atoms with Crippen molar-refractivity contribution >= 4 is 18.0 Å². The minimum atomic E-state index is -1.23. The molecule has 4 heteroatoms. The zero-order valence-electron chi connectivity index (χ0n) is 11.2. The largest absolute Gasteiger partial charge is 0.468 e. The van der Waals surface area contributed by atoms with Crippen LogP contribution in [-0.2, 0) is 19.1 Å². The number of hydrogen-bond donors (Lipinski definition) is 0. The number of ether oxygens (including phenoxy) is 2. The van der Waals surface area contributed by atoms with Gasteiger partial charge in [0.15, 0.2) is 5.41 Å². The highest BCUT2D eigenvalue weighted by Gasteiger charge is 2.64. The maximum absolute atomic E-state index is 11.8. The van der Waals surface area contributed by atoms with E-state index in [4.69, 9.17) is 9.47 Å². The van der Waals surface area contributed by atoms with Gasteiger partial charge in [-0.3, -0.25) is 9.59 Å². The van der Waals surface area contributed by atoms with Crippen LogP contribution in [-0.4, -0.2) is 26.2 Å². The van der Waals surface area contributed by atoms with E-state index in [0.717, 1.165) is 16.7 Å². The molecule has 0 amide bonds. The number of methoxy groups -OCH3 is 2. The molecule has 19 heavy (non-hydrogen) atoms. The Morgan fingerprint density at radius 3 is 2.11 bits per heavy atom. The molecule has 1 aliphatic carbocycles. The van der Waals surface area contributed by atoms with Gasteiger partial charge in [0.25, 0.3) is 0 Å². The Hall–Kier alpha value is -2.10. The number of rotatable bonds is 3. The molecule has 1 aromatic rings. The van der Waals surface area contributed by atoms with E-state index in [2.05, 4.69) is 0 Å². The summed E-state index contributed by atoms with van der Waals surface area (Å²) in [6, 6.07) is 7.85. The molecule has 0 atom stereocenters. The van der Waals surface area contributed by atoms with Crippen LogP contribution in [0.25, 0.3) is 6.08 Å². The molecule has 0 aliphatic heterocycles. The average molecular weight is 260 g/mol. The van der Waals surface area contributed by atoms with Gasteiger partial charge in [0.05, 0.1) is 14.2 Å². The molecular weight excluding hydrogens is 244 g/mol. The molecule has 0 radical (unpaired) electrons. The lowest BCUT2D eigenvalue weighted by Crippen LogP contribution is -2.28. The van der Waals surface area contributed by atoms with E-state index in [1.54, 1.807) is 0 Å². The molecule has 0 saturated heterocycles. The number of carbonyl (C=O) groups is 2. The Morgan fingerprint density at radius 2 is 1.63 bits per heavy atom. The fraction of sp³-hybridized carbons (Fsp3) is 0.333. The van der Waals surface area contributed by atoms with Crippen molar-refractivity contribution in [2.24, 2.45) is 5.41 Å². The highest BCUT2D eigenvalue weighted by molar-refractivity contribution is 6.10. The maximum atomic E-state index is 11.8. The van der Waals surface area contributed by atoms with Crippen molar-refractivity contribution in [3.8, 4) is 0 Å². The van der Waals surface area contributed by atoms with E-state index in [0.29, 0.717) is 6.42 Å². The fourth-order valence-corrected chi connectivity index (χ4v) is 2.12. The minimum Gasteiger partial charge on any atom is -0.468 e. The van der Waals surface area contributed by atoms with E-state index in [1.165, 1.54) is 14.2 Å². The molecular formula is C15H16O4. The Morgan fingerprint density at radius 1 is 1.11 bits per heavy atom. The Labute approximate surface area is 112 Å². The summed E-state index contributed by atoms with van der Waals surface area (Å²) in [6.07, 6.45) is 2.20. The van der Waals surface area contributed by atoms with Crippen molar-refractivity contribution < 1.29 is 19.1 Å². The van der Waals surface area contributed by atoms with Crippen molar-refractivity contribution in [1.82, 2.24) is 0 Å². The highest BCUT2D eigenvalue weighted by atomic mass is 16.5. The van der Waals surface area contributed by atoms with Crippen LogP contribution in [0, 0.1) is 12.3 Å². The predicted octanol–water partition coefficient (Wildman–Crippen LogP) is 2.11. The van der Waals surface area contributed by atoms with Crippen LogP contribution in [0.5, 0.6) is 0 Å². The molecule has 100 valence electrons. The zero-order chi connectivity index (χ0) is 14.0. The van der Waals surface area contributed by atoms with Crippen LogP contribution in [0.15, 0.2) is 29.8 Å². The van der Waals surface area contributed by atoms with Gasteiger partial charge in [0, 0.05) is 6.42 Å². The lowest BCUT2D eigenvalue weighted by atomic mass is 10.1. The SMILES string of the molecule is COC(=O)C1(C(=O)OC)C/C1=C/c1ccc(C)cc1. The van der Waals surface area contributed by atoms with Gasteiger partial charge < -0.3 is 9.47 Å². The van der Waals surface area contributed by atoms with E-state index in [1.807, 2.05) is 37.3 Å². The van der Waals surface area contributed by atoms with Gasteiger partial charge in [0.1, 0.15) is 0 Å².